The first-order chi connectivity index (χ1) is 7.47. The molecule has 0 bridgehead atoms. The van der Waals surface area contributed by atoms with Crippen molar-refractivity contribution in [3.63, 3.8) is 0 Å². The van der Waals surface area contributed by atoms with Crippen molar-refractivity contribution in [2.75, 3.05) is 5.32 Å². The highest BCUT2D eigenvalue weighted by molar-refractivity contribution is 7.15. The molecule has 1 aromatic rings. The number of carbonyl (C=O) groups excluding carboxylic acids is 1. The van der Waals surface area contributed by atoms with Gasteiger partial charge in [-0.05, 0) is 11.8 Å². The molecule has 0 fully saturated rings. The second-order valence-electron chi connectivity index (χ2n) is 4.75. The summed E-state index contributed by atoms with van der Waals surface area (Å²) in [4.78, 5) is 11.5. The molecule has 0 spiro atoms. The number of nitrogens with zero attached hydrogens (tertiary/aromatic N) is 2. The van der Waals surface area contributed by atoms with Crippen LogP contribution in [0.2, 0.25) is 0 Å². The van der Waals surface area contributed by atoms with E-state index in [1.807, 2.05) is 13.8 Å². The third kappa shape index (κ3) is 4.70. The maximum atomic E-state index is 11.5. The molecule has 1 rings (SSSR count). The van der Waals surface area contributed by atoms with Gasteiger partial charge < -0.3 is 5.32 Å². The minimum Gasteiger partial charge on any atom is -0.301 e. The van der Waals surface area contributed by atoms with Gasteiger partial charge in [0.1, 0.15) is 5.01 Å². The Kier molecular flexibility index (Phi) is 4.86. The minimum atomic E-state index is 0.0160. The summed E-state index contributed by atoms with van der Waals surface area (Å²) in [5, 5.41) is 12.4. The van der Waals surface area contributed by atoms with E-state index >= 15 is 0 Å². The van der Waals surface area contributed by atoms with E-state index < -0.39 is 0 Å². The van der Waals surface area contributed by atoms with Crippen LogP contribution in [0.3, 0.4) is 0 Å². The Morgan fingerprint density at radius 2 is 1.94 bits per heavy atom. The summed E-state index contributed by atoms with van der Waals surface area (Å²) in [6, 6.07) is 0. The lowest BCUT2D eigenvalue weighted by molar-refractivity contribution is -0.116. The number of rotatable bonds is 5. The fourth-order valence-corrected chi connectivity index (χ4v) is 2.24. The van der Waals surface area contributed by atoms with E-state index in [4.69, 9.17) is 0 Å². The Bertz CT molecular complexity index is 347. The quantitative estimate of drug-likeness (QED) is 0.862. The monoisotopic (exact) mass is 241 g/mol. The van der Waals surface area contributed by atoms with Crippen molar-refractivity contribution in [1.29, 1.82) is 0 Å². The number of carbonyl (C=O) groups is 1. The predicted octanol–water partition coefficient (Wildman–Crippen LogP) is 2.72. The van der Waals surface area contributed by atoms with Gasteiger partial charge in [-0.3, -0.25) is 4.79 Å². The van der Waals surface area contributed by atoms with Gasteiger partial charge in [-0.1, -0.05) is 39.0 Å². The molecule has 16 heavy (non-hydrogen) atoms. The van der Waals surface area contributed by atoms with Gasteiger partial charge in [0.15, 0.2) is 0 Å². The number of hydrogen-bond acceptors (Lipinski definition) is 4. The lowest BCUT2D eigenvalue weighted by Gasteiger charge is -2.02. The average molecular weight is 241 g/mol. The molecular formula is C11H19N3OS. The predicted molar refractivity (Wildman–Crippen MR) is 66.5 cm³/mol. The van der Waals surface area contributed by atoms with E-state index in [1.54, 1.807) is 0 Å². The van der Waals surface area contributed by atoms with E-state index in [1.165, 1.54) is 11.3 Å². The summed E-state index contributed by atoms with van der Waals surface area (Å²) in [6.07, 6.45) is 1.44. The highest BCUT2D eigenvalue weighted by atomic mass is 32.1. The third-order valence-corrected chi connectivity index (χ3v) is 2.75. The maximum Gasteiger partial charge on any atom is 0.226 e. The maximum absolute atomic E-state index is 11.5. The standard InChI is InChI=1S/C11H19N3OS/c1-7(2)5-9(15)12-11-14-13-10(16-11)6-8(3)4/h7-8H,5-6H2,1-4H3,(H,12,14,15). The fraction of sp³-hybridized carbons (Fsp3) is 0.727. The van der Waals surface area contributed by atoms with Crippen LogP contribution < -0.4 is 5.32 Å². The molecule has 0 saturated carbocycles. The molecule has 0 saturated heterocycles. The molecule has 1 N–H and O–H groups in total. The van der Waals surface area contributed by atoms with Crippen LogP contribution >= 0.6 is 11.3 Å². The lowest BCUT2D eigenvalue weighted by atomic mass is 10.1. The molecule has 0 aromatic carbocycles. The van der Waals surface area contributed by atoms with Crippen molar-refractivity contribution in [3.05, 3.63) is 5.01 Å². The Hall–Kier alpha value is -0.970. The number of nitrogens with one attached hydrogen (secondary N) is 1. The summed E-state index contributed by atoms with van der Waals surface area (Å²) < 4.78 is 0. The molecule has 0 aliphatic rings. The van der Waals surface area contributed by atoms with Crippen LogP contribution in [0.4, 0.5) is 5.13 Å². The molecule has 0 radical (unpaired) electrons. The Balaban J connectivity index is 2.48. The molecule has 0 aliphatic carbocycles. The molecule has 0 unspecified atom stereocenters. The summed E-state index contributed by atoms with van der Waals surface area (Å²) in [5.41, 5.74) is 0. The third-order valence-electron chi connectivity index (χ3n) is 1.89. The summed E-state index contributed by atoms with van der Waals surface area (Å²) in [6.45, 7) is 8.31. The van der Waals surface area contributed by atoms with Gasteiger partial charge in [-0.2, -0.15) is 0 Å². The number of anilines is 1. The van der Waals surface area contributed by atoms with E-state index in [0.29, 0.717) is 23.4 Å². The first-order valence-electron chi connectivity index (χ1n) is 5.59. The molecule has 0 aliphatic heterocycles. The van der Waals surface area contributed by atoms with Crippen LogP contribution in [-0.4, -0.2) is 16.1 Å². The zero-order valence-corrected chi connectivity index (χ0v) is 11.1. The van der Waals surface area contributed by atoms with Crippen molar-refractivity contribution in [1.82, 2.24) is 10.2 Å². The lowest BCUT2D eigenvalue weighted by Crippen LogP contribution is -2.13. The molecule has 4 nitrogen and oxygen atoms in total. The highest BCUT2D eigenvalue weighted by Crippen LogP contribution is 2.18. The van der Waals surface area contributed by atoms with Crippen molar-refractivity contribution in [3.8, 4) is 0 Å². The normalized spacial score (nSPS) is 11.1. The Morgan fingerprint density at radius 1 is 1.25 bits per heavy atom. The molecule has 0 atom stereocenters. The van der Waals surface area contributed by atoms with Crippen LogP contribution in [0.1, 0.15) is 39.1 Å². The summed E-state index contributed by atoms with van der Waals surface area (Å²) >= 11 is 1.46. The Labute approximate surface area is 100 Å². The zero-order valence-electron chi connectivity index (χ0n) is 10.3. The average Bonchev–Trinajstić information content (AvgIpc) is 2.49. The second-order valence-corrected chi connectivity index (χ2v) is 5.81. The van der Waals surface area contributed by atoms with Gasteiger partial charge in [-0.15, -0.1) is 10.2 Å². The highest BCUT2D eigenvalue weighted by Gasteiger charge is 2.10. The van der Waals surface area contributed by atoms with Crippen LogP contribution in [0.15, 0.2) is 0 Å². The molecule has 1 heterocycles. The number of aromatic nitrogens is 2. The zero-order chi connectivity index (χ0) is 12.1. The van der Waals surface area contributed by atoms with Crippen LogP contribution in [-0.2, 0) is 11.2 Å². The SMILES string of the molecule is CC(C)CC(=O)Nc1nnc(CC(C)C)s1. The van der Waals surface area contributed by atoms with Crippen molar-refractivity contribution < 1.29 is 4.79 Å². The van der Waals surface area contributed by atoms with Gasteiger partial charge >= 0.3 is 0 Å². The van der Waals surface area contributed by atoms with E-state index in [-0.39, 0.29) is 5.91 Å². The summed E-state index contributed by atoms with van der Waals surface area (Å²) in [5.74, 6) is 0.942. The largest absolute Gasteiger partial charge is 0.301 e. The minimum absolute atomic E-state index is 0.0160. The van der Waals surface area contributed by atoms with Crippen LogP contribution in [0.5, 0.6) is 0 Å². The number of hydrogen-bond donors (Lipinski definition) is 1. The smallest absolute Gasteiger partial charge is 0.226 e. The van der Waals surface area contributed by atoms with Gasteiger partial charge in [0.25, 0.3) is 0 Å². The van der Waals surface area contributed by atoms with Gasteiger partial charge in [0, 0.05) is 12.8 Å². The van der Waals surface area contributed by atoms with Gasteiger partial charge in [0.2, 0.25) is 11.0 Å². The van der Waals surface area contributed by atoms with Gasteiger partial charge in [0.05, 0.1) is 0 Å². The van der Waals surface area contributed by atoms with Crippen LogP contribution in [0, 0.1) is 11.8 Å². The van der Waals surface area contributed by atoms with Crippen molar-refractivity contribution in [2.45, 2.75) is 40.5 Å². The molecule has 5 heteroatoms. The van der Waals surface area contributed by atoms with E-state index in [2.05, 4.69) is 29.4 Å². The van der Waals surface area contributed by atoms with E-state index in [0.717, 1.165) is 11.4 Å². The van der Waals surface area contributed by atoms with Crippen molar-refractivity contribution in [2.24, 2.45) is 11.8 Å². The number of amides is 1. The first kappa shape index (κ1) is 13.1. The van der Waals surface area contributed by atoms with Crippen LogP contribution in [0.25, 0.3) is 0 Å². The molecule has 1 amide bonds. The fourth-order valence-electron chi connectivity index (χ4n) is 1.28. The molecular weight excluding hydrogens is 222 g/mol. The second kappa shape index (κ2) is 5.94. The first-order valence-corrected chi connectivity index (χ1v) is 6.41. The van der Waals surface area contributed by atoms with Gasteiger partial charge in [-0.25, -0.2) is 0 Å². The Morgan fingerprint density at radius 3 is 2.50 bits per heavy atom. The topological polar surface area (TPSA) is 54.9 Å². The van der Waals surface area contributed by atoms with E-state index in [9.17, 15) is 4.79 Å². The van der Waals surface area contributed by atoms with Crippen molar-refractivity contribution >= 4 is 22.4 Å². The molecule has 1 aromatic heterocycles. The molecule has 90 valence electrons. The summed E-state index contributed by atoms with van der Waals surface area (Å²) in [7, 11) is 0.